The average Bonchev–Trinajstić information content (AvgIpc) is 3.98. The number of carbonyl (C=O) groups is 4. The Hall–Kier alpha value is -7.02. The minimum absolute atomic E-state index is 0.254. The van der Waals surface area contributed by atoms with Crippen LogP contribution in [0.15, 0.2) is 158 Å². The summed E-state index contributed by atoms with van der Waals surface area (Å²) in [5.74, 6) is -4.99. The molecule has 12 heteroatoms. The van der Waals surface area contributed by atoms with Crippen LogP contribution in [0.4, 0.5) is 31.5 Å². The van der Waals surface area contributed by atoms with Gasteiger partial charge in [0.15, 0.2) is 12.2 Å². The highest BCUT2D eigenvalue weighted by Crippen LogP contribution is 2.50. The van der Waals surface area contributed by atoms with Crippen molar-refractivity contribution in [1.82, 2.24) is 0 Å². The third kappa shape index (κ3) is 5.98. The van der Waals surface area contributed by atoms with E-state index in [-0.39, 0.29) is 11.1 Å². The van der Waals surface area contributed by atoms with E-state index in [1.54, 1.807) is 109 Å². The molecule has 6 atom stereocenters. The minimum atomic E-state index is -1.14. The molecule has 0 N–H and O–H groups in total. The molecule has 0 aliphatic carbocycles. The van der Waals surface area contributed by atoms with Gasteiger partial charge in [0.25, 0.3) is 11.8 Å². The number of fused-ring (bicyclic) bond motifs is 2. The van der Waals surface area contributed by atoms with Crippen molar-refractivity contribution in [2.45, 2.75) is 30.7 Å². The number of benzene rings is 6. The summed E-state index contributed by atoms with van der Waals surface area (Å²) >= 11 is 0. The third-order valence-corrected chi connectivity index (χ3v) is 11.5. The zero-order chi connectivity index (χ0) is 40.4. The normalized spacial score (nSPS) is 23.7. The number of hydroxylamine groups is 2. The van der Waals surface area contributed by atoms with Crippen molar-refractivity contribution in [3.8, 4) is 0 Å². The molecule has 292 valence electrons. The molecule has 4 fully saturated rings. The number of halogens is 2. The first-order chi connectivity index (χ1) is 28.8. The van der Waals surface area contributed by atoms with E-state index in [0.717, 1.165) is 20.9 Å². The molecular formula is C47H34F2N4O6. The van der Waals surface area contributed by atoms with Gasteiger partial charge in [0.1, 0.15) is 23.5 Å². The number of imide groups is 2. The molecule has 10 rings (SSSR count). The molecule has 0 radical (unpaired) electrons. The van der Waals surface area contributed by atoms with Gasteiger partial charge in [-0.3, -0.25) is 28.9 Å². The van der Waals surface area contributed by atoms with Crippen LogP contribution in [0, 0.1) is 23.5 Å². The van der Waals surface area contributed by atoms with Gasteiger partial charge in [0.05, 0.1) is 34.8 Å². The largest absolute Gasteiger partial charge is 0.273 e. The lowest BCUT2D eigenvalue weighted by Gasteiger charge is -2.29. The van der Waals surface area contributed by atoms with Gasteiger partial charge >= 0.3 is 0 Å². The molecule has 4 heterocycles. The molecule has 6 aromatic carbocycles. The molecular weight excluding hydrogens is 755 g/mol. The molecule has 0 aromatic heterocycles. The first-order valence-electron chi connectivity index (χ1n) is 19.2. The Morgan fingerprint density at radius 2 is 0.763 bits per heavy atom. The Bertz CT molecular complexity index is 2430. The summed E-state index contributed by atoms with van der Waals surface area (Å²) in [5.41, 5.74) is 4.19. The summed E-state index contributed by atoms with van der Waals surface area (Å²) in [5, 5.41) is 2.93. The van der Waals surface area contributed by atoms with Crippen molar-refractivity contribution in [2.24, 2.45) is 11.8 Å². The first kappa shape index (κ1) is 36.3. The van der Waals surface area contributed by atoms with Crippen LogP contribution in [0.5, 0.6) is 0 Å². The van der Waals surface area contributed by atoms with Crippen LogP contribution in [-0.2, 0) is 35.3 Å². The molecule has 4 amide bonds. The van der Waals surface area contributed by atoms with E-state index in [0.29, 0.717) is 29.2 Å². The summed E-state index contributed by atoms with van der Waals surface area (Å²) in [7, 11) is 0. The quantitative estimate of drug-likeness (QED) is 0.145. The highest BCUT2D eigenvalue weighted by atomic mass is 19.1. The van der Waals surface area contributed by atoms with Gasteiger partial charge in [-0.15, -0.1) is 0 Å². The molecule has 4 saturated heterocycles. The van der Waals surface area contributed by atoms with E-state index in [1.807, 2.05) is 36.4 Å². The Balaban J connectivity index is 0.855. The Morgan fingerprint density at radius 3 is 1.14 bits per heavy atom. The number of hydrogen-bond donors (Lipinski definition) is 0. The SMILES string of the molecule is O=C1[C@H]2ON(c3ccccc3)C(c3ccccc3F)[C@H]2C(=O)N1c1ccc(Cc2ccc(N3C(=O)[C@@H]4ON(c5ccccc5)C(c5ccccc5F)[C@@H]4C3=O)cc2)cc1. The van der Waals surface area contributed by atoms with Crippen LogP contribution in [0.1, 0.15) is 34.3 Å². The Kier molecular flexibility index (Phi) is 8.88. The van der Waals surface area contributed by atoms with Crippen LogP contribution in [0.25, 0.3) is 0 Å². The van der Waals surface area contributed by atoms with Crippen LogP contribution >= 0.6 is 0 Å². The van der Waals surface area contributed by atoms with Gasteiger partial charge in [-0.25, -0.2) is 28.7 Å². The smallest absolute Gasteiger partial charge is 0.266 e. The molecule has 59 heavy (non-hydrogen) atoms. The molecule has 6 aromatic rings. The van der Waals surface area contributed by atoms with Gasteiger partial charge in [-0.05, 0) is 78.2 Å². The summed E-state index contributed by atoms with van der Waals surface area (Å²) < 4.78 is 30.5. The van der Waals surface area contributed by atoms with Gasteiger partial charge in [0, 0.05) is 11.1 Å². The van der Waals surface area contributed by atoms with Crippen LogP contribution in [-0.4, -0.2) is 35.8 Å². The van der Waals surface area contributed by atoms with E-state index in [2.05, 4.69) is 0 Å². The summed E-state index contributed by atoms with van der Waals surface area (Å²) in [6.45, 7) is 0. The molecule has 0 bridgehead atoms. The number of para-hydroxylation sites is 2. The first-order valence-corrected chi connectivity index (χ1v) is 19.2. The number of rotatable bonds is 8. The van der Waals surface area contributed by atoms with E-state index in [4.69, 9.17) is 9.68 Å². The zero-order valence-electron chi connectivity index (χ0n) is 31.2. The predicted octanol–water partition coefficient (Wildman–Crippen LogP) is 7.66. The van der Waals surface area contributed by atoms with E-state index in [9.17, 15) is 19.2 Å². The summed E-state index contributed by atoms with van der Waals surface area (Å²) in [6.07, 6.45) is -1.81. The number of carbonyl (C=O) groups excluding carboxylic acids is 4. The van der Waals surface area contributed by atoms with Crippen molar-refractivity contribution < 1.29 is 37.6 Å². The van der Waals surface area contributed by atoms with E-state index < -0.39 is 71.4 Å². The lowest BCUT2D eigenvalue weighted by molar-refractivity contribution is -0.127. The fourth-order valence-electron chi connectivity index (χ4n) is 8.76. The van der Waals surface area contributed by atoms with Crippen LogP contribution in [0.3, 0.4) is 0 Å². The Labute approximate surface area is 337 Å². The highest BCUT2D eigenvalue weighted by molar-refractivity contribution is 6.24. The van der Waals surface area contributed by atoms with Gasteiger partial charge in [-0.2, -0.15) is 0 Å². The lowest BCUT2D eigenvalue weighted by atomic mass is 9.90. The highest BCUT2D eigenvalue weighted by Gasteiger charge is 2.62. The molecule has 0 saturated carbocycles. The van der Waals surface area contributed by atoms with E-state index in [1.165, 1.54) is 22.3 Å². The van der Waals surface area contributed by atoms with Crippen molar-refractivity contribution >= 4 is 46.4 Å². The maximum atomic E-state index is 15.2. The minimum Gasteiger partial charge on any atom is -0.273 e. The number of hydrogen-bond acceptors (Lipinski definition) is 8. The molecule has 0 spiro atoms. The lowest BCUT2D eigenvalue weighted by Crippen LogP contribution is -2.37. The molecule has 4 aliphatic rings. The number of nitrogens with zero attached hydrogens (tertiary/aromatic N) is 4. The van der Waals surface area contributed by atoms with Gasteiger partial charge < -0.3 is 0 Å². The second-order valence-electron chi connectivity index (χ2n) is 14.9. The summed E-state index contributed by atoms with van der Waals surface area (Å²) in [4.78, 5) is 70.3. The van der Waals surface area contributed by atoms with Crippen molar-refractivity contribution in [3.05, 3.63) is 192 Å². The standard InChI is InChI=1S/C47H34F2N4O6/c48-36-17-9-7-15-34(36)40-38-42(58-52(40)32-11-3-1-4-12-32)46(56)50(44(38)54)30-23-19-28(20-24-30)27-29-21-25-31(26-22-29)51-45(55)39-41(35-16-8-10-18-37(35)49)53(59-43(39)47(51)57)33-13-5-2-6-14-33/h1-26,38-43H,27H2/t38-,39+,40?,41?,42+,43-. The zero-order valence-corrected chi connectivity index (χ0v) is 31.2. The monoisotopic (exact) mass is 788 g/mol. The van der Waals surface area contributed by atoms with Crippen molar-refractivity contribution in [2.75, 3.05) is 19.9 Å². The van der Waals surface area contributed by atoms with Crippen LogP contribution in [0.2, 0.25) is 0 Å². The molecule has 4 aliphatic heterocycles. The summed E-state index contributed by atoms with van der Waals surface area (Å²) in [6, 6.07) is 42.7. The van der Waals surface area contributed by atoms with Crippen molar-refractivity contribution in [1.29, 1.82) is 0 Å². The average molecular weight is 789 g/mol. The maximum Gasteiger partial charge on any atom is 0.266 e. The van der Waals surface area contributed by atoms with Crippen molar-refractivity contribution in [3.63, 3.8) is 0 Å². The molecule has 2 unspecified atom stereocenters. The molecule has 10 nitrogen and oxygen atoms in total. The van der Waals surface area contributed by atoms with Gasteiger partial charge in [0.2, 0.25) is 11.8 Å². The van der Waals surface area contributed by atoms with Crippen LogP contribution < -0.4 is 19.9 Å². The number of amides is 4. The predicted molar refractivity (Wildman–Crippen MR) is 214 cm³/mol. The second kappa shape index (κ2) is 14.4. The second-order valence-corrected chi connectivity index (χ2v) is 14.9. The topological polar surface area (TPSA) is 99.7 Å². The fourth-order valence-corrected chi connectivity index (χ4v) is 8.76. The van der Waals surface area contributed by atoms with Gasteiger partial charge in [-0.1, -0.05) is 97.1 Å². The fraction of sp³-hybridized carbons (Fsp3) is 0.149. The van der Waals surface area contributed by atoms with E-state index >= 15 is 8.78 Å². The third-order valence-electron chi connectivity index (χ3n) is 11.5. The number of anilines is 4. The maximum absolute atomic E-state index is 15.2. The Morgan fingerprint density at radius 1 is 0.407 bits per heavy atom.